The van der Waals surface area contributed by atoms with E-state index in [2.05, 4.69) is 20.5 Å². The van der Waals surface area contributed by atoms with Crippen LogP contribution in [0.5, 0.6) is 0 Å². The third-order valence-corrected chi connectivity index (χ3v) is 4.06. The van der Waals surface area contributed by atoms with E-state index >= 15 is 0 Å². The summed E-state index contributed by atoms with van der Waals surface area (Å²) in [7, 11) is 0. The van der Waals surface area contributed by atoms with E-state index in [1.807, 2.05) is 31.2 Å². The Morgan fingerprint density at radius 1 is 1.10 bits per heavy atom. The van der Waals surface area contributed by atoms with Gasteiger partial charge in [0.25, 0.3) is 5.91 Å². The fourth-order valence-corrected chi connectivity index (χ4v) is 2.62. The lowest BCUT2D eigenvalue weighted by atomic mass is 10.1. The minimum absolute atomic E-state index is 0.0379. The Kier molecular flexibility index (Phi) is 5.29. The predicted molar refractivity (Wildman–Crippen MR) is 99.2 cm³/mol. The van der Waals surface area contributed by atoms with Gasteiger partial charge in [-0.05, 0) is 24.3 Å². The third-order valence-electron chi connectivity index (χ3n) is 4.06. The molecular weight excluding hydrogens is 384 g/mol. The van der Waals surface area contributed by atoms with Crippen molar-refractivity contribution in [3.05, 3.63) is 67.6 Å². The van der Waals surface area contributed by atoms with Crippen molar-refractivity contribution < 1.29 is 14.6 Å². The first kappa shape index (κ1) is 19.6. The molecule has 0 radical (unpaired) electrons. The molecule has 2 aromatic heterocycles. The number of aromatic nitrogens is 5. The number of nitrogens with zero attached hydrogens (tertiary/aromatic N) is 7. The van der Waals surface area contributed by atoms with Crippen molar-refractivity contribution in [2.45, 2.75) is 26.9 Å². The Labute approximate surface area is 163 Å². The summed E-state index contributed by atoms with van der Waals surface area (Å²) in [6.07, 6.45) is 1.45. The number of amides is 1. The molecule has 0 fully saturated rings. The van der Waals surface area contributed by atoms with E-state index in [4.69, 9.17) is 0 Å². The minimum atomic E-state index is -0.964. The Balaban J connectivity index is 1.68. The maximum atomic E-state index is 12.2. The van der Waals surface area contributed by atoms with Crippen LogP contribution in [0.15, 0.2) is 30.6 Å². The van der Waals surface area contributed by atoms with Crippen LogP contribution in [0.2, 0.25) is 0 Å². The van der Waals surface area contributed by atoms with Crippen molar-refractivity contribution in [3.8, 4) is 0 Å². The van der Waals surface area contributed by atoms with Gasteiger partial charge in [0.05, 0.1) is 16.6 Å². The molecule has 3 aromatic rings. The van der Waals surface area contributed by atoms with Gasteiger partial charge in [-0.1, -0.05) is 29.8 Å². The zero-order chi connectivity index (χ0) is 21.1. The van der Waals surface area contributed by atoms with Gasteiger partial charge >= 0.3 is 11.5 Å². The van der Waals surface area contributed by atoms with E-state index in [-0.39, 0.29) is 11.6 Å². The lowest BCUT2D eigenvalue weighted by molar-refractivity contribution is -0.424. The molecule has 0 spiro atoms. The molecule has 0 saturated heterocycles. The number of nitrogens with one attached hydrogen (secondary N) is 1. The van der Waals surface area contributed by atoms with Gasteiger partial charge in [-0.15, -0.1) is 5.10 Å². The van der Waals surface area contributed by atoms with Crippen LogP contribution in [-0.2, 0) is 17.9 Å². The third kappa shape index (κ3) is 4.40. The Morgan fingerprint density at radius 2 is 1.79 bits per heavy atom. The SMILES string of the molecule is Cc1ccc(Cn2cnc(NC(=O)Cn3nc([N+](=O)[O-])c([N+](=O)[O-])c3C)n2)cc1. The van der Waals surface area contributed by atoms with Gasteiger partial charge in [0.15, 0.2) is 0 Å². The molecule has 0 saturated carbocycles. The van der Waals surface area contributed by atoms with Crippen LogP contribution >= 0.6 is 0 Å². The Morgan fingerprint density at radius 3 is 2.38 bits per heavy atom. The van der Waals surface area contributed by atoms with E-state index in [1.54, 1.807) is 0 Å². The second-order valence-electron chi connectivity index (χ2n) is 6.23. The number of hydrogen-bond donors (Lipinski definition) is 1. The number of benzene rings is 1. The van der Waals surface area contributed by atoms with E-state index in [0.29, 0.717) is 6.54 Å². The van der Waals surface area contributed by atoms with Crippen molar-refractivity contribution in [2.75, 3.05) is 5.32 Å². The smallest absolute Gasteiger partial charge is 0.358 e. The molecule has 13 nitrogen and oxygen atoms in total. The highest BCUT2D eigenvalue weighted by Gasteiger charge is 2.35. The van der Waals surface area contributed by atoms with Crippen LogP contribution in [0, 0.1) is 34.1 Å². The summed E-state index contributed by atoms with van der Waals surface area (Å²) in [5.41, 5.74) is 1.29. The van der Waals surface area contributed by atoms with Crippen LogP contribution < -0.4 is 5.32 Å². The summed E-state index contributed by atoms with van der Waals surface area (Å²) in [6, 6.07) is 7.85. The highest BCUT2D eigenvalue weighted by atomic mass is 16.6. The summed E-state index contributed by atoms with van der Waals surface area (Å²) in [5.74, 6) is -1.51. The first-order valence-electron chi connectivity index (χ1n) is 8.35. The second kappa shape index (κ2) is 7.84. The highest BCUT2D eigenvalue weighted by Crippen LogP contribution is 2.29. The van der Waals surface area contributed by atoms with Crippen molar-refractivity contribution in [1.29, 1.82) is 0 Å². The molecule has 1 amide bonds. The van der Waals surface area contributed by atoms with Crippen LogP contribution in [0.3, 0.4) is 0 Å². The quantitative estimate of drug-likeness (QED) is 0.461. The first-order valence-corrected chi connectivity index (χ1v) is 8.35. The second-order valence-corrected chi connectivity index (χ2v) is 6.23. The lowest BCUT2D eigenvalue weighted by Gasteiger charge is -2.02. The van der Waals surface area contributed by atoms with Gasteiger partial charge in [-0.3, -0.25) is 20.2 Å². The molecule has 0 unspecified atom stereocenters. The van der Waals surface area contributed by atoms with Crippen LogP contribution in [0.4, 0.5) is 17.5 Å². The molecule has 0 aliphatic rings. The number of nitro groups is 2. The zero-order valence-electron chi connectivity index (χ0n) is 15.5. The molecule has 29 heavy (non-hydrogen) atoms. The number of carbonyl (C=O) groups is 1. The molecule has 1 N–H and O–H groups in total. The lowest BCUT2D eigenvalue weighted by Crippen LogP contribution is -2.21. The molecule has 3 rings (SSSR count). The normalized spacial score (nSPS) is 10.7. The number of hydrogen-bond acceptors (Lipinski definition) is 8. The van der Waals surface area contributed by atoms with Gasteiger partial charge < -0.3 is 10.1 Å². The van der Waals surface area contributed by atoms with E-state index < -0.39 is 33.8 Å². The fourth-order valence-electron chi connectivity index (χ4n) is 2.62. The molecule has 0 atom stereocenters. The van der Waals surface area contributed by atoms with Crippen LogP contribution in [-0.4, -0.2) is 40.3 Å². The summed E-state index contributed by atoms with van der Waals surface area (Å²) < 4.78 is 2.43. The number of carbonyl (C=O) groups excluding carboxylic acids is 1. The fraction of sp³-hybridized carbons (Fsp3) is 0.250. The number of aryl methyl sites for hydroxylation is 1. The summed E-state index contributed by atoms with van der Waals surface area (Å²) in [6.45, 7) is 3.25. The summed E-state index contributed by atoms with van der Waals surface area (Å²) >= 11 is 0. The zero-order valence-corrected chi connectivity index (χ0v) is 15.5. The van der Waals surface area contributed by atoms with Gasteiger partial charge in [-0.2, -0.15) is 4.68 Å². The van der Waals surface area contributed by atoms with Gasteiger partial charge in [0, 0.05) is 0 Å². The largest absolute Gasteiger partial charge is 0.468 e. The van der Waals surface area contributed by atoms with Gasteiger partial charge in [0.2, 0.25) is 5.95 Å². The van der Waals surface area contributed by atoms with Crippen molar-refractivity contribution in [1.82, 2.24) is 24.5 Å². The molecule has 1 aromatic carbocycles. The van der Waals surface area contributed by atoms with E-state index in [1.165, 1.54) is 17.9 Å². The van der Waals surface area contributed by atoms with Crippen molar-refractivity contribution in [2.24, 2.45) is 0 Å². The summed E-state index contributed by atoms with van der Waals surface area (Å²) in [5, 5.41) is 32.1. The highest BCUT2D eigenvalue weighted by molar-refractivity contribution is 5.88. The Bertz CT molecular complexity index is 1090. The molecule has 150 valence electrons. The molecule has 0 bridgehead atoms. The van der Waals surface area contributed by atoms with Crippen molar-refractivity contribution >= 4 is 23.4 Å². The standard InChI is InChI=1S/C16H16N8O5/c1-10-3-5-12(6-4-10)7-21-9-17-16(20-21)18-13(25)8-22-11(2)14(23(26)27)15(19-22)24(28)29/h3-6,9H,7-8H2,1-2H3,(H,18,20,25). The predicted octanol–water partition coefficient (Wildman–Crippen LogP) is 1.59. The molecule has 2 heterocycles. The molecule has 0 aliphatic carbocycles. The van der Waals surface area contributed by atoms with E-state index in [0.717, 1.165) is 15.8 Å². The minimum Gasteiger partial charge on any atom is -0.358 e. The monoisotopic (exact) mass is 400 g/mol. The van der Waals surface area contributed by atoms with Crippen LogP contribution in [0.25, 0.3) is 0 Å². The average molecular weight is 400 g/mol. The Hall–Kier alpha value is -4.16. The summed E-state index contributed by atoms with van der Waals surface area (Å²) in [4.78, 5) is 36.3. The van der Waals surface area contributed by atoms with Crippen LogP contribution in [0.1, 0.15) is 16.8 Å². The van der Waals surface area contributed by atoms with Gasteiger partial charge in [-0.25, -0.2) is 9.67 Å². The number of rotatable bonds is 7. The molecule has 13 heteroatoms. The van der Waals surface area contributed by atoms with Crippen molar-refractivity contribution in [3.63, 3.8) is 0 Å². The maximum absolute atomic E-state index is 12.2. The first-order chi connectivity index (χ1) is 13.7. The maximum Gasteiger partial charge on any atom is 0.468 e. The molecule has 0 aliphatic heterocycles. The average Bonchev–Trinajstić information content (AvgIpc) is 3.21. The van der Waals surface area contributed by atoms with E-state index in [9.17, 15) is 25.0 Å². The number of anilines is 1. The molecular formula is C16H16N8O5. The topological polar surface area (TPSA) is 164 Å². The van der Waals surface area contributed by atoms with Gasteiger partial charge in [0.1, 0.15) is 18.6 Å².